The first-order valence-corrected chi connectivity index (χ1v) is 9.76. The summed E-state index contributed by atoms with van der Waals surface area (Å²) in [6, 6.07) is 12.4. The molecule has 0 radical (unpaired) electrons. The molecule has 1 fully saturated rings. The molecular formula is C23H19F2N3O. The lowest BCUT2D eigenvalue weighted by Crippen LogP contribution is -2.43. The highest BCUT2D eigenvalue weighted by atomic mass is 19.1. The molecule has 3 aromatic rings. The lowest BCUT2D eigenvalue weighted by atomic mass is 9.97. The summed E-state index contributed by atoms with van der Waals surface area (Å²) in [5, 5.41) is 0. The smallest absolute Gasteiger partial charge is 0.227 e. The van der Waals surface area contributed by atoms with Crippen LogP contribution in [0.4, 0.5) is 8.78 Å². The molecule has 146 valence electrons. The Labute approximate surface area is 167 Å². The van der Waals surface area contributed by atoms with E-state index < -0.39 is 0 Å². The minimum atomic E-state index is -0.330. The summed E-state index contributed by atoms with van der Waals surface area (Å²) < 4.78 is 26.6. The Morgan fingerprint density at radius 3 is 2.69 bits per heavy atom. The Bertz CT molecular complexity index is 1080. The Kier molecular flexibility index (Phi) is 4.34. The maximum atomic E-state index is 13.5. The number of hydrogen-bond donors (Lipinski definition) is 0. The topological polar surface area (TPSA) is 46.1 Å². The first-order valence-electron chi connectivity index (χ1n) is 9.76. The van der Waals surface area contributed by atoms with Crippen molar-refractivity contribution in [3.05, 3.63) is 83.2 Å². The lowest BCUT2D eigenvalue weighted by molar-refractivity contribution is -0.134. The zero-order chi connectivity index (χ0) is 20.0. The van der Waals surface area contributed by atoms with Crippen LogP contribution in [0.5, 0.6) is 0 Å². The van der Waals surface area contributed by atoms with Crippen LogP contribution in [-0.2, 0) is 17.6 Å². The van der Waals surface area contributed by atoms with Crippen LogP contribution in [0, 0.1) is 11.6 Å². The molecule has 2 aromatic carbocycles. The Morgan fingerprint density at radius 2 is 1.90 bits per heavy atom. The van der Waals surface area contributed by atoms with Gasteiger partial charge in [0.25, 0.3) is 0 Å². The molecule has 0 saturated carbocycles. The van der Waals surface area contributed by atoms with Crippen LogP contribution in [0.25, 0.3) is 11.4 Å². The quantitative estimate of drug-likeness (QED) is 0.671. The molecule has 4 nitrogen and oxygen atoms in total. The van der Waals surface area contributed by atoms with E-state index in [0.717, 1.165) is 29.7 Å². The molecule has 2 bridgehead atoms. The zero-order valence-electron chi connectivity index (χ0n) is 15.7. The van der Waals surface area contributed by atoms with E-state index in [1.54, 1.807) is 30.5 Å². The molecule has 0 aliphatic carbocycles. The van der Waals surface area contributed by atoms with Crippen LogP contribution >= 0.6 is 0 Å². The van der Waals surface area contributed by atoms with Gasteiger partial charge in [0.2, 0.25) is 5.91 Å². The Balaban J connectivity index is 1.41. The van der Waals surface area contributed by atoms with Crippen molar-refractivity contribution in [1.82, 2.24) is 14.9 Å². The van der Waals surface area contributed by atoms with Gasteiger partial charge in [0.15, 0.2) is 5.82 Å². The first kappa shape index (κ1) is 17.9. The van der Waals surface area contributed by atoms with Gasteiger partial charge in [-0.25, -0.2) is 18.7 Å². The van der Waals surface area contributed by atoms with Crippen LogP contribution in [0.15, 0.2) is 54.7 Å². The second-order valence-electron chi connectivity index (χ2n) is 7.66. The van der Waals surface area contributed by atoms with Crippen LogP contribution in [-0.4, -0.2) is 26.8 Å². The number of carbonyl (C=O) groups is 1. The summed E-state index contributed by atoms with van der Waals surface area (Å²) >= 11 is 0. The van der Waals surface area contributed by atoms with Crippen LogP contribution in [0.2, 0.25) is 0 Å². The minimum Gasteiger partial charge on any atom is -0.332 e. The number of aromatic nitrogens is 2. The molecule has 5 rings (SSSR count). The number of amides is 1. The molecular weight excluding hydrogens is 372 g/mol. The monoisotopic (exact) mass is 391 g/mol. The number of hydrogen-bond acceptors (Lipinski definition) is 3. The molecule has 3 heterocycles. The maximum Gasteiger partial charge on any atom is 0.227 e. The normalized spacial score (nSPS) is 19.9. The van der Waals surface area contributed by atoms with Gasteiger partial charge in [0.05, 0.1) is 18.2 Å². The summed E-state index contributed by atoms with van der Waals surface area (Å²) in [6.07, 6.45) is 4.47. The molecule has 29 heavy (non-hydrogen) atoms. The average Bonchev–Trinajstić information content (AvgIpc) is 3.03. The van der Waals surface area contributed by atoms with Crippen molar-refractivity contribution < 1.29 is 13.6 Å². The van der Waals surface area contributed by atoms with Gasteiger partial charge in [0.1, 0.15) is 11.6 Å². The predicted octanol–water partition coefficient (Wildman–Crippen LogP) is 4.25. The van der Waals surface area contributed by atoms with E-state index in [-0.39, 0.29) is 36.0 Å². The molecule has 2 atom stereocenters. The van der Waals surface area contributed by atoms with Crippen LogP contribution in [0.1, 0.15) is 35.7 Å². The molecule has 1 amide bonds. The highest BCUT2D eigenvalue weighted by molar-refractivity contribution is 5.80. The van der Waals surface area contributed by atoms with Crippen molar-refractivity contribution in [3.8, 4) is 11.4 Å². The fraction of sp³-hybridized carbons (Fsp3) is 0.261. The molecule has 1 saturated heterocycles. The Morgan fingerprint density at radius 1 is 1.07 bits per heavy atom. The van der Waals surface area contributed by atoms with Crippen LogP contribution < -0.4 is 0 Å². The van der Waals surface area contributed by atoms with Gasteiger partial charge in [-0.15, -0.1) is 0 Å². The maximum absolute atomic E-state index is 13.5. The van der Waals surface area contributed by atoms with Crippen molar-refractivity contribution in [2.45, 2.75) is 37.8 Å². The van der Waals surface area contributed by atoms with E-state index in [1.165, 1.54) is 24.3 Å². The minimum absolute atomic E-state index is 0.0105. The molecule has 1 aromatic heterocycles. The number of halogens is 2. The summed E-state index contributed by atoms with van der Waals surface area (Å²) in [6.45, 7) is 0. The van der Waals surface area contributed by atoms with E-state index in [1.807, 2.05) is 4.90 Å². The van der Waals surface area contributed by atoms with Gasteiger partial charge in [-0.2, -0.15) is 0 Å². The predicted molar refractivity (Wildman–Crippen MR) is 104 cm³/mol. The van der Waals surface area contributed by atoms with E-state index >= 15 is 0 Å². The molecule has 0 spiro atoms. The lowest BCUT2D eigenvalue weighted by Gasteiger charge is -2.36. The first-order chi connectivity index (χ1) is 14.1. The summed E-state index contributed by atoms with van der Waals surface area (Å²) in [5.41, 5.74) is 3.40. The van der Waals surface area contributed by atoms with E-state index in [9.17, 15) is 13.6 Å². The van der Waals surface area contributed by atoms with Crippen molar-refractivity contribution in [2.24, 2.45) is 0 Å². The third-order valence-electron chi connectivity index (χ3n) is 5.83. The fourth-order valence-electron chi connectivity index (χ4n) is 4.51. The van der Waals surface area contributed by atoms with Gasteiger partial charge in [-0.3, -0.25) is 4.79 Å². The van der Waals surface area contributed by atoms with Crippen molar-refractivity contribution in [3.63, 3.8) is 0 Å². The number of nitrogens with zero attached hydrogens (tertiary/aromatic N) is 3. The Hall–Kier alpha value is -3.15. The van der Waals surface area contributed by atoms with Crippen molar-refractivity contribution >= 4 is 5.91 Å². The molecule has 0 unspecified atom stereocenters. The number of carbonyl (C=O) groups excluding carboxylic acids is 1. The van der Waals surface area contributed by atoms with Gasteiger partial charge in [-0.05, 0) is 54.8 Å². The molecule has 0 N–H and O–H groups in total. The zero-order valence-corrected chi connectivity index (χ0v) is 15.7. The van der Waals surface area contributed by atoms with Gasteiger partial charge >= 0.3 is 0 Å². The average molecular weight is 391 g/mol. The van der Waals surface area contributed by atoms with E-state index in [0.29, 0.717) is 17.8 Å². The fourth-order valence-corrected chi connectivity index (χ4v) is 4.51. The highest BCUT2D eigenvalue weighted by Gasteiger charge is 2.43. The third kappa shape index (κ3) is 3.28. The highest BCUT2D eigenvalue weighted by Crippen LogP contribution is 2.43. The second-order valence-corrected chi connectivity index (χ2v) is 7.66. The third-order valence-corrected chi connectivity index (χ3v) is 5.83. The van der Waals surface area contributed by atoms with Crippen molar-refractivity contribution in [1.29, 1.82) is 0 Å². The number of fused-ring (bicyclic) bond motifs is 4. The van der Waals surface area contributed by atoms with Gasteiger partial charge < -0.3 is 4.90 Å². The second kappa shape index (κ2) is 7.03. The van der Waals surface area contributed by atoms with Gasteiger partial charge in [0, 0.05) is 29.8 Å². The summed E-state index contributed by atoms with van der Waals surface area (Å²) in [5.74, 6) is -0.0414. The van der Waals surface area contributed by atoms with Gasteiger partial charge in [-0.1, -0.05) is 12.1 Å². The van der Waals surface area contributed by atoms with E-state index in [2.05, 4.69) is 4.98 Å². The summed E-state index contributed by atoms with van der Waals surface area (Å²) in [7, 11) is 0. The van der Waals surface area contributed by atoms with Crippen molar-refractivity contribution in [2.75, 3.05) is 0 Å². The standard InChI is InChI=1S/C23H19F2N3O/c24-16-6-4-15(5-7-16)23-26-13-19-20(27-23)12-18-8-9-21(19)28(18)22(29)11-14-2-1-3-17(25)10-14/h1-7,10,13,18,21H,8-9,11-12H2/t18-,21+/m0/s1. The van der Waals surface area contributed by atoms with Crippen LogP contribution in [0.3, 0.4) is 0 Å². The molecule has 2 aliphatic rings. The SMILES string of the molecule is O=C(Cc1cccc(F)c1)N1[C@H]2CC[C@@H]1c1cnc(-c3ccc(F)cc3)nc1C2. The number of benzene rings is 2. The summed E-state index contributed by atoms with van der Waals surface area (Å²) in [4.78, 5) is 24.1. The largest absolute Gasteiger partial charge is 0.332 e. The molecule has 2 aliphatic heterocycles. The number of rotatable bonds is 3. The molecule has 6 heteroatoms. The van der Waals surface area contributed by atoms with E-state index in [4.69, 9.17) is 4.98 Å².